The van der Waals surface area contributed by atoms with Crippen molar-refractivity contribution in [2.24, 2.45) is 0 Å². The lowest BCUT2D eigenvalue weighted by Crippen LogP contribution is -2.33. The number of fused-ring (bicyclic) bond motifs is 1. The predicted octanol–water partition coefficient (Wildman–Crippen LogP) is 3.42. The molecule has 0 bridgehead atoms. The largest absolute Gasteiger partial charge is 0.448 e. The van der Waals surface area contributed by atoms with E-state index in [1.54, 1.807) is 0 Å². The molecule has 1 aromatic heterocycles. The number of hydrogen-bond acceptors (Lipinski definition) is 4. The van der Waals surface area contributed by atoms with Gasteiger partial charge < -0.3 is 15.4 Å². The van der Waals surface area contributed by atoms with Gasteiger partial charge in [-0.25, -0.2) is 4.79 Å². The molecule has 2 aromatic rings. The number of carbonyl (C=O) groups is 2. The van der Waals surface area contributed by atoms with Crippen LogP contribution in [0.3, 0.4) is 0 Å². The molecule has 0 fully saturated rings. The number of thiophene rings is 1. The minimum Gasteiger partial charge on any atom is -0.448 e. The Hall–Kier alpha value is -1.79. The average molecular weight is 341 g/mol. The minimum absolute atomic E-state index is 0.0134. The summed E-state index contributed by atoms with van der Waals surface area (Å²) in [7, 11) is 0. The third kappa shape index (κ3) is 4.11. The van der Waals surface area contributed by atoms with Crippen molar-refractivity contribution in [2.75, 3.05) is 13.2 Å². The summed E-state index contributed by atoms with van der Waals surface area (Å²) in [5.74, 6) is -0.265. The standard InChI is InChI=1S/C15H17ClN2O3S/c1-9(2)18-15(20)21-8-7-17-14(19)13-12(16)10-5-3-4-6-11(10)22-13/h3-6,9H,7-8H2,1-2H3,(H,17,19)(H,18,20). The summed E-state index contributed by atoms with van der Waals surface area (Å²) < 4.78 is 5.90. The van der Waals surface area contributed by atoms with Crippen LogP contribution in [0.5, 0.6) is 0 Å². The molecule has 22 heavy (non-hydrogen) atoms. The number of carbonyl (C=O) groups excluding carboxylic acids is 2. The first-order valence-electron chi connectivity index (χ1n) is 6.87. The molecule has 0 aliphatic rings. The van der Waals surface area contributed by atoms with Gasteiger partial charge in [0.15, 0.2) is 0 Å². The number of benzene rings is 1. The van der Waals surface area contributed by atoms with Crippen LogP contribution in [-0.4, -0.2) is 31.2 Å². The number of halogens is 1. The maximum atomic E-state index is 12.1. The van der Waals surface area contributed by atoms with Crippen LogP contribution < -0.4 is 10.6 Å². The van der Waals surface area contributed by atoms with E-state index < -0.39 is 6.09 Å². The number of alkyl carbamates (subject to hydrolysis) is 1. The molecule has 0 aliphatic heterocycles. The number of ether oxygens (including phenoxy) is 1. The lowest BCUT2D eigenvalue weighted by atomic mass is 10.2. The minimum atomic E-state index is -0.496. The molecule has 0 atom stereocenters. The van der Waals surface area contributed by atoms with E-state index in [4.69, 9.17) is 16.3 Å². The molecule has 1 heterocycles. The fourth-order valence-corrected chi connectivity index (χ4v) is 3.26. The van der Waals surface area contributed by atoms with E-state index >= 15 is 0 Å². The van der Waals surface area contributed by atoms with E-state index in [1.165, 1.54) is 11.3 Å². The zero-order chi connectivity index (χ0) is 16.1. The van der Waals surface area contributed by atoms with Crippen molar-refractivity contribution >= 4 is 45.0 Å². The second kappa shape index (κ2) is 7.47. The summed E-state index contributed by atoms with van der Waals surface area (Å²) in [6, 6.07) is 7.59. The molecule has 118 valence electrons. The molecule has 2 rings (SSSR count). The van der Waals surface area contributed by atoms with Gasteiger partial charge in [0.25, 0.3) is 5.91 Å². The number of hydrogen-bond donors (Lipinski definition) is 2. The highest BCUT2D eigenvalue weighted by atomic mass is 35.5. The van der Waals surface area contributed by atoms with Crippen molar-refractivity contribution < 1.29 is 14.3 Å². The lowest BCUT2D eigenvalue weighted by molar-refractivity contribution is 0.0937. The van der Waals surface area contributed by atoms with Crippen LogP contribution >= 0.6 is 22.9 Å². The molecule has 0 saturated carbocycles. The summed E-state index contributed by atoms with van der Waals surface area (Å²) in [4.78, 5) is 23.9. The van der Waals surface area contributed by atoms with Crippen LogP contribution in [0.1, 0.15) is 23.5 Å². The second-order valence-corrected chi connectivity index (χ2v) is 6.36. The Morgan fingerprint density at radius 3 is 2.73 bits per heavy atom. The highest BCUT2D eigenvalue weighted by Crippen LogP contribution is 2.34. The smallest absolute Gasteiger partial charge is 0.407 e. The highest BCUT2D eigenvalue weighted by molar-refractivity contribution is 7.21. The topological polar surface area (TPSA) is 67.4 Å². The van der Waals surface area contributed by atoms with E-state index in [2.05, 4.69) is 10.6 Å². The van der Waals surface area contributed by atoms with E-state index in [0.29, 0.717) is 9.90 Å². The van der Waals surface area contributed by atoms with Gasteiger partial charge in [-0.1, -0.05) is 29.8 Å². The molecular weight excluding hydrogens is 324 g/mol. The van der Waals surface area contributed by atoms with Crippen LogP contribution in [0.4, 0.5) is 4.79 Å². The van der Waals surface area contributed by atoms with Crippen molar-refractivity contribution in [3.8, 4) is 0 Å². The van der Waals surface area contributed by atoms with Gasteiger partial charge in [0.2, 0.25) is 0 Å². The molecule has 1 aromatic carbocycles. The molecule has 5 nitrogen and oxygen atoms in total. The van der Waals surface area contributed by atoms with Crippen molar-refractivity contribution in [1.29, 1.82) is 0 Å². The number of amides is 2. The Balaban J connectivity index is 1.87. The fourth-order valence-electron chi connectivity index (χ4n) is 1.83. The van der Waals surface area contributed by atoms with Crippen LogP contribution in [0.15, 0.2) is 24.3 Å². The molecular formula is C15H17ClN2O3S. The van der Waals surface area contributed by atoms with Crippen LogP contribution in [0.2, 0.25) is 5.02 Å². The summed E-state index contributed by atoms with van der Waals surface area (Å²) >= 11 is 7.57. The maximum absolute atomic E-state index is 12.1. The summed E-state index contributed by atoms with van der Waals surface area (Å²) in [6.07, 6.45) is -0.496. The van der Waals surface area contributed by atoms with Gasteiger partial charge >= 0.3 is 6.09 Å². The Morgan fingerprint density at radius 2 is 2.05 bits per heavy atom. The zero-order valence-corrected chi connectivity index (χ0v) is 13.9. The quantitative estimate of drug-likeness (QED) is 0.819. The summed E-state index contributed by atoms with van der Waals surface area (Å²) in [5.41, 5.74) is 0. The molecule has 7 heteroatoms. The summed E-state index contributed by atoms with van der Waals surface area (Å²) in [5, 5.41) is 6.61. The van der Waals surface area contributed by atoms with Crippen molar-refractivity contribution in [3.63, 3.8) is 0 Å². The van der Waals surface area contributed by atoms with E-state index in [0.717, 1.165) is 10.1 Å². The molecule has 0 unspecified atom stereocenters. The number of nitrogens with one attached hydrogen (secondary N) is 2. The molecule has 0 saturated heterocycles. The first kappa shape index (κ1) is 16.6. The molecule has 2 amide bonds. The van der Waals surface area contributed by atoms with E-state index in [9.17, 15) is 9.59 Å². The normalized spacial score (nSPS) is 10.7. The van der Waals surface area contributed by atoms with Gasteiger partial charge in [-0.2, -0.15) is 0 Å². The Morgan fingerprint density at radius 1 is 1.32 bits per heavy atom. The maximum Gasteiger partial charge on any atom is 0.407 e. The monoisotopic (exact) mass is 340 g/mol. The van der Waals surface area contributed by atoms with Crippen LogP contribution in [0, 0.1) is 0 Å². The average Bonchev–Trinajstić information content (AvgIpc) is 2.80. The van der Waals surface area contributed by atoms with Crippen molar-refractivity contribution in [1.82, 2.24) is 10.6 Å². The Kier molecular flexibility index (Phi) is 5.63. The van der Waals surface area contributed by atoms with Gasteiger partial charge in [0, 0.05) is 16.1 Å². The number of rotatable bonds is 5. The Labute approximate surface area is 137 Å². The van der Waals surface area contributed by atoms with E-state index in [-0.39, 0.29) is 25.1 Å². The van der Waals surface area contributed by atoms with E-state index in [1.807, 2.05) is 38.1 Å². The van der Waals surface area contributed by atoms with Gasteiger partial charge in [0.1, 0.15) is 11.5 Å². The van der Waals surface area contributed by atoms with Gasteiger partial charge in [-0.3, -0.25) is 4.79 Å². The highest BCUT2D eigenvalue weighted by Gasteiger charge is 2.16. The molecule has 0 radical (unpaired) electrons. The van der Waals surface area contributed by atoms with Crippen molar-refractivity contribution in [3.05, 3.63) is 34.2 Å². The van der Waals surface area contributed by atoms with Crippen LogP contribution in [-0.2, 0) is 4.74 Å². The van der Waals surface area contributed by atoms with Gasteiger partial charge in [0.05, 0.1) is 11.6 Å². The lowest BCUT2D eigenvalue weighted by Gasteiger charge is -2.09. The molecule has 0 aliphatic carbocycles. The third-order valence-electron chi connectivity index (χ3n) is 2.77. The first-order chi connectivity index (χ1) is 10.5. The third-order valence-corrected chi connectivity index (χ3v) is 4.44. The van der Waals surface area contributed by atoms with Crippen molar-refractivity contribution in [2.45, 2.75) is 19.9 Å². The summed E-state index contributed by atoms with van der Waals surface area (Å²) in [6.45, 7) is 4.01. The Bertz CT molecular complexity index is 684. The predicted molar refractivity (Wildman–Crippen MR) is 88.8 cm³/mol. The van der Waals surface area contributed by atoms with Crippen LogP contribution in [0.25, 0.3) is 10.1 Å². The fraction of sp³-hybridized carbons (Fsp3) is 0.333. The van der Waals surface area contributed by atoms with Gasteiger partial charge in [-0.05, 0) is 19.9 Å². The zero-order valence-electron chi connectivity index (χ0n) is 12.3. The second-order valence-electron chi connectivity index (χ2n) is 4.93. The van der Waals surface area contributed by atoms with Gasteiger partial charge in [-0.15, -0.1) is 11.3 Å². The molecule has 2 N–H and O–H groups in total. The molecule has 0 spiro atoms. The SMILES string of the molecule is CC(C)NC(=O)OCCNC(=O)c1sc2ccccc2c1Cl. The first-order valence-corrected chi connectivity index (χ1v) is 8.07.